The summed E-state index contributed by atoms with van der Waals surface area (Å²) >= 11 is 0. The molecule has 0 bridgehead atoms. The van der Waals surface area contributed by atoms with Gasteiger partial charge in [-0.15, -0.1) is 0 Å². The van der Waals surface area contributed by atoms with Crippen molar-refractivity contribution in [3.63, 3.8) is 0 Å². The molecule has 0 aliphatic rings. The van der Waals surface area contributed by atoms with Crippen LogP contribution in [0.5, 0.6) is 11.5 Å². The maximum absolute atomic E-state index is 10.2. The van der Waals surface area contributed by atoms with Crippen LogP contribution in [0.3, 0.4) is 0 Å². The molecule has 1 aromatic carbocycles. The van der Waals surface area contributed by atoms with E-state index in [1.807, 2.05) is 0 Å². The first kappa shape index (κ1) is 14.4. The highest BCUT2D eigenvalue weighted by Gasteiger charge is 2.00. The van der Waals surface area contributed by atoms with Crippen LogP contribution in [-0.2, 0) is 0 Å². The number of hydrogen-bond donors (Lipinski definition) is 1. The highest BCUT2D eigenvalue weighted by molar-refractivity contribution is 6.92. The van der Waals surface area contributed by atoms with E-state index in [0.29, 0.717) is 17.6 Å². The van der Waals surface area contributed by atoms with E-state index in [-0.39, 0.29) is 21.8 Å². The van der Waals surface area contributed by atoms with Gasteiger partial charge in [-0.3, -0.25) is 4.79 Å². The quantitative estimate of drug-likeness (QED) is 0.577. The zero-order chi connectivity index (χ0) is 8.27. The molecule has 0 atom stereocenters. The first-order valence-electron chi connectivity index (χ1n) is 3.10. The predicted octanol–water partition coefficient (Wildman–Crippen LogP) is 1.59. The van der Waals surface area contributed by atoms with E-state index in [9.17, 15) is 4.79 Å². The average Bonchev–Trinajstić information content (AvgIpc) is 2.05. The van der Waals surface area contributed by atoms with Crippen molar-refractivity contribution in [2.24, 2.45) is 0 Å². The van der Waals surface area contributed by atoms with Crippen molar-refractivity contribution in [2.45, 2.75) is 0 Å². The van der Waals surface area contributed by atoms with Crippen molar-refractivity contribution in [3.8, 4) is 11.5 Å². The third kappa shape index (κ3) is 3.40. The number of carbonyl (C=O) groups excluding carboxylic acids is 1. The van der Waals surface area contributed by atoms with Crippen LogP contribution >= 0.6 is 9.90 Å². The normalized spacial score (nSPS) is 7.77. The van der Waals surface area contributed by atoms with Gasteiger partial charge in [0, 0.05) is 21.6 Å². The largest absolute Gasteiger partial charge is 0.504 e. The molecule has 0 unspecified atom stereocenters. The first-order chi connectivity index (χ1) is 5.27. The number of phenols is 1. The Balaban J connectivity index is 0. The van der Waals surface area contributed by atoms with E-state index in [4.69, 9.17) is 9.84 Å². The number of rotatable bonds is 2. The Labute approximate surface area is 80.1 Å². The minimum Gasteiger partial charge on any atom is -0.504 e. The van der Waals surface area contributed by atoms with Crippen LogP contribution in [0.1, 0.15) is 10.4 Å². The van der Waals surface area contributed by atoms with Gasteiger partial charge in [-0.05, 0) is 18.2 Å². The summed E-state index contributed by atoms with van der Waals surface area (Å²) in [7, 11) is 1.43. The Morgan fingerprint density at radius 2 is 2.08 bits per heavy atom. The van der Waals surface area contributed by atoms with E-state index < -0.39 is 0 Å². The van der Waals surface area contributed by atoms with Gasteiger partial charge in [0.15, 0.2) is 11.5 Å². The fourth-order valence-electron chi connectivity index (χ4n) is 0.768. The van der Waals surface area contributed by atoms with Gasteiger partial charge in [-0.2, -0.15) is 0 Å². The number of phenolic OH excluding ortho intramolecular Hbond substituents is 1. The number of aromatic hydroxyl groups is 1. The molecule has 0 spiro atoms. The van der Waals surface area contributed by atoms with Crippen LogP contribution in [0.15, 0.2) is 18.2 Å². The Morgan fingerprint density at radius 3 is 2.54 bits per heavy atom. The van der Waals surface area contributed by atoms with Gasteiger partial charge in [-0.1, -0.05) is 0 Å². The Hall–Kier alpha value is -1.12. The number of aldehydes is 1. The van der Waals surface area contributed by atoms with Crippen molar-refractivity contribution < 1.29 is 14.6 Å². The van der Waals surface area contributed by atoms with Gasteiger partial charge in [0.2, 0.25) is 0 Å². The molecule has 0 fully saturated rings. The predicted molar refractivity (Wildman–Crippen MR) is 49.1 cm³/mol. The van der Waals surface area contributed by atoms with Gasteiger partial charge >= 0.3 is 0 Å². The Kier molecular flexibility index (Phi) is 7.09. The summed E-state index contributed by atoms with van der Waals surface area (Å²) in [6.07, 6.45) is 0.696. The average molecular weight is 197 g/mol. The van der Waals surface area contributed by atoms with Gasteiger partial charge in [0.25, 0.3) is 0 Å². The Bertz CT molecular complexity index is 278. The molecule has 1 rings (SSSR count). The summed E-state index contributed by atoms with van der Waals surface area (Å²) in [6.45, 7) is 0. The molecule has 0 aliphatic heterocycles. The minimum absolute atomic E-state index is 0. The molecule has 0 aliphatic carbocycles. The number of methoxy groups -OCH3 is 1. The van der Waals surface area contributed by atoms with Crippen LogP contribution in [0.4, 0.5) is 0 Å². The van der Waals surface area contributed by atoms with Crippen LogP contribution in [-0.4, -0.2) is 18.5 Å². The van der Waals surface area contributed by atoms with Gasteiger partial charge in [0.05, 0.1) is 7.11 Å². The molecule has 1 aromatic rings. The van der Waals surface area contributed by atoms with Gasteiger partial charge in [-0.25, -0.2) is 0 Å². The summed E-state index contributed by atoms with van der Waals surface area (Å²) < 4.78 is 4.78. The second kappa shape index (κ2) is 6.40. The molecule has 0 saturated carbocycles. The SMILES string of the molecule is COc1cc(C=O)ccc1O.[N].[P]. The number of hydrogen-bond acceptors (Lipinski definition) is 3. The number of nitrogens with zero attached hydrogens (tertiary/aromatic N) is 1. The van der Waals surface area contributed by atoms with Crippen LogP contribution < -0.4 is 10.9 Å². The smallest absolute Gasteiger partial charge is 0.161 e. The lowest BCUT2D eigenvalue weighted by atomic mass is 10.2. The van der Waals surface area contributed by atoms with Crippen molar-refractivity contribution in [3.05, 3.63) is 23.8 Å². The molecule has 0 amide bonds. The summed E-state index contributed by atoms with van der Waals surface area (Å²) in [5.74, 6) is 0.354. The molecule has 5 heteroatoms. The second-order valence-corrected chi connectivity index (χ2v) is 2.05. The van der Waals surface area contributed by atoms with E-state index in [0.717, 1.165) is 0 Å². The molecule has 6 radical (unpaired) electrons. The fraction of sp³-hybridized carbons (Fsp3) is 0.125. The second-order valence-electron chi connectivity index (χ2n) is 2.05. The maximum Gasteiger partial charge on any atom is 0.161 e. The van der Waals surface area contributed by atoms with E-state index in [1.165, 1.54) is 25.3 Å². The third-order valence-corrected chi connectivity index (χ3v) is 1.34. The molecule has 0 aromatic heterocycles. The van der Waals surface area contributed by atoms with Crippen molar-refractivity contribution in [2.75, 3.05) is 7.11 Å². The van der Waals surface area contributed by atoms with E-state index in [1.54, 1.807) is 0 Å². The molecule has 13 heavy (non-hydrogen) atoms. The molecular formula is C8H8NO3P. The third-order valence-electron chi connectivity index (χ3n) is 1.34. The van der Waals surface area contributed by atoms with E-state index >= 15 is 0 Å². The standard InChI is InChI=1S/C8H8O3.N.P/c1-11-8-4-6(5-9)2-3-7(8)10;;/h2-5,10H,1H3;;. The Morgan fingerprint density at radius 1 is 1.46 bits per heavy atom. The van der Waals surface area contributed by atoms with Crippen molar-refractivity contribution >= 4 is 16.2 Å². The van der Waals surface area contributed by atoms with Crippen molar-refractivity contribution in [1.82, 2.24) is 6.15 Å². The van der Waals surface area contributed by atoms with Crippen LogP contribution in [0.25, 0.3) is 0 Å². The monoisotopic (exact) mass is 197 g/mol. The van der Waals surface area contributed by atoms with Crippen LogP contribution in [0, 0.1) is 0 Å². The molecule has 4 nitrogen and oxygen atoms in total. The highest BCUT2D eigenvalue weighted by Crippen LogP contribution is 2.25. The molecule has 0 saturated heterocycles. The lowest BCUT2D eigenvalue weighted by Crippen LogP contribution is -1.85. The summed E-state index contributed by atoms with van der Waals surface area (Å²) in [5.41, 5.74) is 0.486. The zero-order valence-electron chi connectivity index (χ0n) is 6.97. The van der Waals surface area contributed by atoms with E-state index in [2.05, 4.69) is 0 Å². The fourth-order valence-corrected chi connectivity index (χ4v) is 0.768. The topological polar surface area (TPSA) is 77.0 Å². The summed E-state index contributed by atoms with van der Waals surface area (Å²) in [5, 5.41) is 9.09. The molecular weight excluding hydrogens is 189 g/mol. The number of benzene rings is 1. The molecule has 1 N–H and O–H groups in total. The number of ether oxygens (including phenoxy) is 1. The first-order valence-corrected chi connectivity index (χ1v) is 3.10. The van der Waals surface area contributed by atoms with Gasteiger partial charge in [0.1, 0.15) is 6.29 Å². The number of carbonyl (C=O) groups is 1. The highest BCUT2D eigenvalue weighted by atomic mass is 31.0. The summed E-state index contributed by atoms with van der Waals surface area (Å²) in [4.78, 5) is 10.2. The maximum atomic E-state index is 10.2. The molecule has 68 valence electrons. The van der Waals surface area contributed by atoms with Gasteiger partial charge < -0.3 is 9.84 Å². The summed E-state index contributed by atoms with van der Waals surface area (Å²) in [6, 6.07) is 4.41. The minimum atomic E-state index is 0. The van der Waals surface area contributed by atoms with Crippen LogP contribution in [0.2, 0.25) is 0 Å². The zero-order valence-corrected chi connectivity index (χ0v) is 7.86. The lowest BCUT2D eigenvalue weighted by Gasteiger charge is -2.01. The van der Waals surface area contributed by atoms with Crippen molar-refractivity contribution in [1.29, 1.82) is 0 Å². The molecule has 0 heterocycles. The lowest BCUT2D eigenvalue weighted by molar-refractivity contribution is 0.112.